The van der Waals surface area contributed by atoms with Crippen molar-refractivity contribution in [3.8, 4) is 0 Å². The number of halogens is 1. The minimum absolute atomic E-state index is 0.165. The van der Waals surface area contributed by atoms with E-state index in [-0.39, 0.29) is 24.8 Å². The number of hydrogen-bond acceptors (Lipinski definition) is 3. The van der Waals surface area contributed by atoms with Crippen LogP contribution in [0.15, 0.2) is 22.7 Å². The molecule has 1 amide bonds. The summed E-state index contributed by atoms with van der Waals surface area (Å²) in [6.07, 6.45) is 0.165. The van der Waals surface area contributed by atoms with Crippen LogP contribution in [0.3, 0.4) is 0 Å². The molecule has 1 aromatic carbocycles. The monoisotopic (exact) mass is 341 g/mol. The fourth-order valence-corrected chi connectivity index (χ4v) is 1.81. The van der Waals surface area contributed by atoms with Crippen LogP contribution in [-0.4, -0.2) is 24.0 Å². The first-order valence-electron chi connectivity index (χ1n) is 6.45. The summed E-state index contributed by atoms with van der Waals surface area (Å²) in [4.78, 5) is 23.4. The number of benzene rings is 1. The predicted molar refractivity (Wildman–Crippen MR) is 81.7 cm³/mol. The molecule has 0 saturated carbocycles. The highest BCUT2D eigenvalue weighted by Gasteiger charge is 2.16. The SMILES string of the molecule is Cc1cc(C(=O)NCCC(=O)OC(C)(C)C)ccc1Br. The van der Waals surface area contributed by atoms with E-state index in [0.717, 1.165) is 10.0 Å². The fourth-order valence-electron chi connectivity index (χ4n) is 1.56. The lowest BCUT2D eigenvalue weighted by molar-refractivity contribution is -0.154. The second-order valence-electron chi connectivity index (χ2n) is 5.56. The molecular formula is C15H20BrNO3. The van der Waals surface area contributed by atoms with Gasteiger partial charge in [-0.2, -0.15) is 0 Å². The van der Waals surface area contributed by atoms with E-state index < -0.39 is 5.60 Å². The van der Waals surface area contributed by atoms with Gasteiger partial charge in [0.25, 0.3) is 5.91 Å². The Hall–Kier alpha value is -1.36. The number of rotatable bonds is 4. The maximum absolute atomic E-state index is 11.9. The van der Waals surface area contributed by atoms with Crippen LogP contribution in [0.25, 0.3) is 0 Å². The predicted octanol–water partition coefficient (Wildman–Crippen LogP) is 3.22. The standard InChI is InChI=1S/C15H20BrNO3/c1-10-9-11(5-6-12(10)16)14(19)17-8-7-13(18)20-15(2,3)4/h5-6,9H,7-8H2,1-4H3,(H,17,19). The van der Waals surface area contributed by atoms with Gasteiger partial charge < -0.3 is 10.1 Å². The van der Waals surface area contributed by atoms with Crippen LogP contribution in [0, 0.1) is 6.92 Å². The molecule has 110 valence electrons. The summed E-state index contributed by atoms with van der Waals surface area (Å²) in [7, 11) is 0. The third kappa shape index (κ3) is 5.74. The largest absolute Gasteiger partial charge is 0.460 e. The van der Waals surface area contributed by atoms with E-state index in [1.54, 1.807) is 12.1 Å². The van der Waals surface area contributed by atoms with Crippen LogP contribution in [0.4, 0.5) is 0 Å². The lowest BCUT2D eigenvalue weighted by atomic mass is 10.1. The van der Waals surface area contributed by atoms with Crippen molar-refractivity contribution in [1.82, 2.24) is 5.32 Å². The van der Waals surface area contributed by atoms with E-state index >= 15 is 0 Å². The first-order chi connectivity index (χ1) is 9.19. The van der Waals surface area contributed by atoms with Crippen molar-refractivity contribution in [2.75, 3.05) is 6.54 Å². The number of hydrogen-bond donors (Lipinski definition) is 1. The molecule has 0 aliphatic rings. The molecule has 0 fully saturated rings. The summed E-state index contributed by atoms with van der Waals surface area (Å²) < 4.78 is 6.12. The lowest BCUT2D eigenvalue weighted by Crippen LogP contribution is -2.29. The number of carbonyl (C=O) groups excluding carboxylic acids is 2. The summed E-state index contributed by atoms with van der Waals surface area (Å²) in [5.41, 5.74) is 1.07. The molecule has 0 unspecified atom stereocenters. The summed E-state index contributed by atoms with van der Waals surface area (Å²) in [5.74, 6) is -0.506. The number of nitrogens with one attached hydrogen (secondary N) is 1. The van der Waals surface area contributed by atoms with E-state index in [2.05, 4.69) is 21.2 Å². The highest BCUT2D eigenvalue weighted by molar-refractivity contribution is 9.10. The van der Waals surface area contributed by atoms with E-state index in [1.165, 1.54) is 0 Å². The molecule has 0 heterocycles. The lowest BCUT2D eigenvalue weighted by Gasteiger charge is -2.19. The van der Waals surface area contributed by atoms with Crippen LogP contribution >= 0.6 is 15.9 Å². The van der Waals surface area contributed by atoms with Crippen LogP contribution in [0.5, 0.6) is 0 Å². The zero-order valence-corrected chi connectivity index (χ0v) is 13.8. The van der Waals surface area contributed by atoms with Crippen molar-refractivity contribution in [3.63, 3.8) is 0 Å². The molecule has 5 heteroatoms. The topological polar surface area (TPSA) is 55.4 Å². The van der Waals surface area contributed by atoms with Gasteiger partial charge in [0.15, 0.2) is 0 Å². The molecule has 4 nitrogen and oxygen atoms in total. The Morgan fingerprint density at radius 1 is 1.30 bits per heavy atom. The van der Waals surface area contributed by atoms with Crippen LogP contribution in [0.1, 0.15) is 43.1 Å². The molecule has 1 rings (SSSR count). The van der Waals surface area contributed by atoms with Crippen LogP contribution in [-0.2, 0) is 9.53 Å². The van der Waals surface area contributed by atoms with Crippen molar-refractivity contribution >= 4 is 27.8 Å². The number of ether oxygens (including phenoxy) is 1. The Balaban J connectivity index is 2.44. The number of esters is 1. The van der Waals surface area contributed by atoms with Gasteiger partial charge in [0.05, 0.1) is 6.42 Å². The van der Waals surface area contributed by atoms with Gasteiger partial charge >= 0.3 is 5.97 Å². The van der Waals surface area contributed by atoms with Crippen molar-refractivity contribution in [2.45, 2.75) is 39.7 Å². The Morgan fingerprint density at radius 3 is 2.50 bits per heavy atom. The number of amides is 1. The van der Waals surface area contributed by atoms with Crippen molar-refractivity contribution in [2.24, 2.45) is 0 Å². The second-order valence-corrected chi connectivity index (χ2v) is 6.41. The quantitative estimate of drug-likeness (QED) is 0.855. The van der Waals surface area contributed by atoms with E-state index in [0.29, 0.717) is 5.56 Å². The third-order valence-electron chi connectivity index (χ3n) is 2.45. The number of carbonyl (C=O) groups is 2. The molecule has 0 aliphatic carbocycles. The molecular weight excluding hydrogens is 322 g/mol. The Bertz CT molecular complexity index is 506. The molecule has 1 aromatic rings. The highest BCUT2D eigenvalue weighted by Crippen LogP contribution is 2.17. The minimum atomic E-state index is -0.496. The summed E-state index contributed by atoms with van der Waals surface area (Å²) in [5, 5.41) is 2.71. The van der Waals surface area contributed by atoms with Gasteiger partial charge in [-0.1, -0.05) is 15.9 Å². The van der Waals surface area contributed by atoms with Crippen LogP contribution < -0.4 is 5.32 Å². The maximum Gasteiger partial charge on any atom is 0.308 e. The first kappa shape index (κ1) is 16.7. The smallest absolute Gasteiger partial charge is 0.308 e. The first-order valence-corrected chi connectivity index (χ1v) is 7.24. The van der Waals surface area contributed by atoms with Gasteiger partial charge in [-0.3, -0.25) is 9.59 Å². The Labute approximate surface area is 128 Å². The van der Waals surface area contributed by atoms with E-state index in [1.807, 2.05) is 33.8 Å². The fraction of sp³-hybridized carbons (Fsp3) is 0.467. The van der Waals surface area contributed by atoms with Crippen LogP contribution in [0.2, 0.25) is 0 Å². The van der Waals surface area contributed by atoms with Gasteiger partial charge in [0.2, 0.25) is 0 Å². The van der Waals surface area contributed by atoms with Gasteiger partial charge in [-0.15, -0.1) is 0 Å². The molecule has 0 bridgehead atoms. The molecule has 0 spiro atoms. The molecule has 0 saturated heterocycles. The molecule has 0 aromatic heterocycles. The zero-order valence-electron chi connectivity index (χ0n) is 12.2. The van der Waals surface area contributed by atoms with Crippen molar-refractivity contribution in [3.05, 3.63) is 33.8 Å². The average molecular weight is 342 g/mol. The van der Waals surface area contributed by atoms with Gasteiger partial charge in [0, 0.05) is 16.6 Å². The third-order valence-corrected chi connectivity index (χ3v) is 3.34. The molecule has 20 heavy (non-hydrogen) atoms. The highest BCUT2D eigenvalue weighted by atomic mass is 79.9. The van der Waals surface area contributed by atoms with Gasteiger partial charge in [0.1, 0.15) is 5.60 Å². The van der Waals surface area contributed by atoms with Crippen molar-refractivity contribution in [1.29, 1.82) is 0 Å². The van der Waals surface area contributed by atoms with Gasteiger partial charge in [-0.25, -0.2) is 0 Å². The molecule has 0 atom stereocenters. The summed E-state index contributed by atoms with van der Waals surface area (Å²) in [6, 6.07) is 5.37. The summed E-state index contributed by atoms with van der Waals surface area (Å²) in [6.45, 7) is 7.63. The van der Waals surface area contributed by atoms with E-state index in [9.17, 15) is 9.59 Å². The Morgan fingerprint density at radius 2 is 1.95 bits per heavy atom. The molecule has 1 N–H and O–H groups in total. The minimum Gasteiger partial charge on any atom is -0.460 e. The maximum atomic E-state index is 11.9. The van der Waals surface area contributed by atoms with E-state index in [4.69, 9.17) is 4.74 Å². The number of aryl methyl sites for hydroxylation is 1. The summed E-state index contributed by atoms with van der Waals surface area (Å²) >= 11 is 3.39. The second kappa shape index (κ2) is 6.88. The van der Waals surface area contributed by atoms with Crippen molar-refractivity contribution < 1.29 is 14.3 Å². The zero-order chi connectivity index (χ0) is 15.3. The molecule has 0 radical (unpaired) electrons. The Kier molecular flexibility index (Phi) is 5.74. The molecule has 0 aliphatic heterocycles. The average Bonchev–Trinajstić information content (AvgIpc) is 2.30. The normalized spacial score (nSPS) is 11.1. The van der Waals surface area contributed by atoms with Gasteiger partial charge in [-0.05, 0) is 51.5 Å².